The Morgan fingerprint density at radius 3 is 2.80 bits per heavy atom. The Morgan fingerprint density at radius 2 is 2.20 bits per heavy atom. The van der Waals surface area contributed by atoms with Crippen LogP contribution in [0, 0.1) is 10.1 Å². The molecule has 1 aromatic carbocycles. The van der Waals surface area contributed by atoms with Gasteiger partial charge in [0.2, 0.25) is 5.91 Å². The lowest BCUT2D eigenvalue weighted by molar-refractivity contribution is -0.384. The molecule has 1 aliphatic heterocycles. The summed E-state index contributed by atoms with van der Waals surface area (Å²) in [7, 11) is 0. The number of alkyl halides is 1. The number of fused-ring (bicyclic) bond motifs is 1. The van der Waals surface area contributed by atoms with Crippen LogP contribution in [0.25, 0.3) is 0 Å². The summed E-state index contributed by atoms with van der Waals surface area (Å²) >= 11 is 5.99. The average molecular weight is 227 g/mol. The van der Waals surface area contributed by atoms with Crippen molar-refractivity contribution in [2.75, 3.05) is 5.32 Å². The molecule has 2 rings (SSSR count). The van der Waals surface area contributed by atoms with Crippen molar-refractivity contribution in [1.82, 2.24) is 0 Å². The van der Waals surface area contributed by atoms with E-state index in [9.17, 15) is 14.9 Å². The van der Waals surface area contributed by atoms with Gasteiger partial charge in [0.05, 0.1) is 4.92 Å². The topological polar surface area (TPSA) is 72.2 Å². The molecule has 1 heterocycles. The standard InChI is InChI=1S/C9H7ClN2O3/c1-9(10)6-4-5(12(14)15)2-3-7(6)11-8(9)13/h2-4H,1H3,(H,11,13). The first-order chi connectivity index (χ1) is 6.93. The van der Waals surface area contributed by atoms with Crippen LogP contribution in [-0.2, 0) is 9.67 Å². The van der Waals surface area contributed by atoms with Crippen molar-refractivity contribution in [1.29, 1.82) is 0 Å². The van der Waals surface area contributed by atoms with E-state index < -0.39 is 9.80 Å². The number of rotatable bonds is 1. The monoisotopic (exact) mass is 226 g/mol. The molecule has 0 aromatic heterocycles. The molecule has 6 heteroatoms. The number of nitro groups is 1. The zero-order chi connectivity index (χ0) is 11.2. The number of hydrogen-bond donors (Lipinski definition) is 1. The maximum atomic E-state index is 11.4. The highest BCUT2D eigenvalue weighted by Gasteiger charge is 2.41. The summed E-state index contributed by atoms with van der Waals surface area (Å²) in [6.45, 7) is 1.51. The van der Waals surface area contributed by atoms with E-state index >= 15 is 0 Å². The largest absolute Gasteiger partial charge is 0.324 e. The van der Waals surface area contributed by atoms with Crippen LogP contribution in [0.5, 0.6) is 0 Å². The second-order valence-corrected chi connectivity index (χ2v) is 4.20. The lowest BCUT2D eigenvalue weighted by Gasteiger charge is -2.11. The zero-order valence-corrected chi connectivity index (χ0v) is 8.54. The fourth-order valence-electron chi connectivity index (χ4n) is 1.51. The van der Waals surface area contributed by atoms with Gasteiger partial charge in [-0.15, -0.1) is 11.6 Å². The maximum absolute atomic E-state index is 11.4. The van der Waals surface area contributed by atoms with Crippen LogP contribution in [0.4, 0.5) is 11.4 Å². The van der Waals surface area contributed by atoms with Crippen molar-refractivity contribution in [3.63, 3.8) is 0 Å². The van der Waals surface area contributed by atoms with Gasteiger partial charge in [0.1, 0.15) is 4.87 Å². The van der Waals surface area contributed by atoms with Crippen LogP contribution >= 0.6 is 11.6 Å². The van der Waals surface area contributed by atoms with Crippen molar-refractivity contribution in [2.45, 2.75) is 11.8 Å². The molecule has 1 amide bonds. The van der Waals surface area contributed by atoms with Crippen LogP contribution < -0.4 is 5.32 Å². The molecule has 0 spiro atoms. The highest BCUT2D eigenvalue weighted by Crippen LogP contribution is 2.42. The SMILES string of the molecule is CC1(Cl)C(=O)Nc2ccc([N+](=O)[O-])cc21. The molecule has 0 saturated carbocycles. The molecule has 15 heavy (non-hydrogen) atoms. The highest BCUT2D eigenvalue weighted by molar-refractivity contribution is 6.38. The molecule has 0 aliphatic carbocycles. The predicted molar refractivity (Wildman–Crippen MR) is 54.9 cm³/mol. The van der Waals surface area contributed by atoms with Gasteiger partial charge in [-0.25, -0.2) is 0 Å². The van der Waals surface area contributed by atoms with Crippen molar-refractivity contribution in [2.24, 2.45) is 0 Å². The maximum Gasteiger partial charge on any atom is 0.269 e. The van der Waals surface area contributed by atoms with Gasteiger partial charge in [-0.1, -0.05) is 0 Å². The molecule has 5 nitrogen and oxygen atoms in total. The summed E-state index contributed by atoms with van der Waals surface area (Å²) in [5, 5.41) is 13.1. The number of nitrogens with zero attached hydrogens (tertiary/aromatic N) is 1. The lowest BCUT2D eigenvalue weighted by atomic mass is 10.0. The third-order valence-corrected chi connectivity index (χ3v) is 2.77. The van der Waals surface area contributed by atoms with E-state index in [2.05, 4.69) is 5.32 Å². The Bertz CT molecular complexity index is 470. The minimum Gasteiger partial charge on any atom is -0.324 e. The number of non-ortho nitro benzene ring substituents is 1. The second-order valence-electron chi connectivity index (χ2n) is 3.44. The number of nitrogens with one attached hydrogen (secondary N) is 1. The summed E-state index contributed by atoms with van der Waals surface area (Å²) in [5.41, 5.74) is 0.906. The molecule has 78 valence electrons. The van der Waals surface area contributed by atoms with Gasteiger partial charge in [0.15, 0.2) is 0 Å². The average Bonchev–Trinajstić information content (AvgIpc) is 2.38. The minimum atomic E-state index is -1.22. The molecule has 1 atom stereocenters. The number of carbonyl (C=O) groups excluding carboxylic acids is 1. The number of halogens is 1. The van der Waals surface area contributed by atoms with Crippen molar-refractivity contribution >= 4 is 28.9 Å². The van der Waals surface area contributed by atoms with E-state index in [-0.39, 0.29) is 11.6 Å². The molecule has 1 N–H and O–H groups in total. The molecular formula is C9H7ClN2O3. The van der Waals surface area contributed by atoms with E-state index in [0.29, 0.717) is 11.3 Å². The Labute approximate surface area is 90.2 Å². The first-order valence-corrected chi connectivity index (χ1v) is 4.60. The van der Waals surface area contributed by atoms with Gasteiger partial charge in [0.25, 0.3) is 5.69 Å². The van der Waals surface area contributed by atoms with Crippen LogP contribution in [-0.4, -0.2) is 10.8 Å². The number of benzene rings is 1. The molecule has 1 unspecified atom stereocenters. The van der Waals surface area contributed by atoms with E-state index in [1.165, 1.54) is 25.1 Å². The predicted octanol–water partition coefficient (Wildman–Crippen LogP) is 2.00. The van der Waals surface area contributed by atoms with Gasteiger partial charge in [0, 0.05) is 23.4 Å². The van der Waals surface area contributed by atoms with Crippen LogP contribution in [0.15, 0.2) is 18.2 Å². The first kappa shape index (κ1) is 9.92. The van der Waals surface area contributed by atoms with Gasteiger partial charge in [-0.2, -0.15) is 0 Å². The van der Waals surface area contributed by atoms with E-state index in [1.54, 1.807) is 0 Å². The molecule has 1 aliphatic rings. The fraction of sp³-hybridized carbons (Fsp3) is 0.222. The molecule has 1 aromatic rings. The third-order valence-electron chi connectivity index (χ3n) is 2.39. The summed E-state index contributed by atoms with van der Waals surface area (Å²) < 4.78 is 0. The second kappa shape index (κ2) is 2.93. The van der Waals surface area contributed by atoms with Crippen molar-refractivity contribution in [3.05, 3.63) is 33.9 Å². The Balaban J connectivity index is 2.59. The zero-order valence-electron chi connectivity index (χ0n) is 7.78. The summed E-state index contributed by atoms with van der Waals surface area (Å²) in [5.74, 6) is -0.361. The summed E-state index contributed by atoms with van der Waals surface area (Å²) in [6.07, 6.45) is 0. The minimum absolute atomic E-state index is 0.0721. The Morgan fingerprint density at radius 1 is 1.53 bits per heavy atom. The highest BCUT2D eigenvalue weighted by atomic mass is 35.5. The Kier molecular flexibility index (Phi) is 1.94. The quantitative estimate of drug-likeness (QED) is 0.452. The van der Waals surface area contributed by atoms with Crippen molar-refractivity contribution < 1.29 is 9.72 Å². The summed E-state index contributed by atoms with van der Waals surface area (Å²) in [6, 6.07) is 4.14. The van der Waals surface area contributed by atoms with Crippen LogP contribution in [0.2, 0.25) is 0 Å². The van der Waals surface area contributed by atoms with Gasteiger partial charge >= 0.3 is 0 Å². The fourth-order valence-corrected chi connectivity index (χ4v) is 1.71. The van der Waals surface area contributed by atoms with Crippen molar-refractivity contribution in [3.8, 4) is 0 Å². The lowest BCUT2D eigenvalue weighted by Crippen LogP contribution is -2.24. The molecule has 0 fully saturated rings. The molecule has 0 radical (unpaired) electrons. The molecule has 0 saturated heterocycles. The van der Waals surface area contributed by atoms with E-state index in [0.717, 1.165) is 0 Å². The first-order valence-electron chi connectivity index (χ1n) is 4.22. The molecular weight excluding hydrogens is 220 g/mol. The van der Waals surface area contributed by atoms with Gasteiger partial charge < -0.3 is 5.32 Å². The Hall–Kier alpha value is -1.62. The number of hydrogen-bond acceptors (Lipinski definition) is 3. The van der Waals surface area contributed by atoms with E-state index in [4.69, 9.17) is 11.6 Å². The van der Waals surface area contributed by atoms with Gasteiger partial charge in [-0.3, -0.25) is 14.9 Å². The third kappa shape index (κ3) is 1.35. The van der Waals surface area contributed by atoms with E-state index in [1.807, 2.05) is 0 Å². The number of carbonyl (C=O) groups is 1. The number of amides is 1. The smallest absolute Gasteiger partial charge is 0.269 e. The van der Waals surface area contributed by atoms with Crippen LogP contribution in [0.1, 0.15) is 12.5 Å². The summed E-state index contributed by atoms with van der Waals surface area (Å²) in [4.78, 5) is 20.2. The van der Waals surface area contributed by atoms with Crippen LogP contribution in [0.3, 0.4) is 0 Å². The molecule has 0 bridgehead atoms. The normalized spacial score (nSPS) is 23.5. The van der Waals surface area contributed by atoms with Gasteiger partial charge in [-0.05, 0) is 13.0 Å². The number of anilines is 1. The number of nitro benzene ring substituents is 1.